The van der Waals surface area contributed by atoms with Crippen LogP contribution in [0.3, 0.4) is 0 Å². The van der Waals surface area contributed by atoms with Crippen molar-refractivity contribution < 1.29 is 4.79 Å². The molecule has 76 valence electrons. The van der Waals surface area contributed by atoms with Crippen molar-refractivity contribution in [3.05, 3.63) is 34.3 Å². The smallest absolute Gasteiger partial charge is 0.146 e. The Morgan fingerprint density at radius 2 is 2.29 bits per heavy atom. The number of likely N-dealkylation sites (N-methyl/N-ethyl adjacent to an activating group) is 1. The second kappa shape index (κ2) is 5.94. The zero-order chi connectivity index (χ0) is 10.4. The van der Waals surface area contributed by atoms with Crippen LogP contribution in [0, 0.1) is 0 Å². The Morgan fingerprint density at radius 3 is 2.93 bits per heavy atom. The van der Waals surface area contributed by atoms with Crippen molar-refractivity contribution in [3.8, 4) is 0 Å². The maximum absolute atomic E-state index is 11.2. The molecule has 0 aliphatic rings. The van der Waals surface area contributed by atoms with Crippen LogP contribution in [0.5, 0.6) is 0 Å². The minimum Gasteiger partial charge on any atom is -0.313 e. The van der Waals surface area contributed by atoms with Crippen molar-refractivity contribution in [3.63, 3.8) is 0 Å². The summed E-state index contributed by atoms with van der Waals surface area (Å²) >= 11 is 3.40. The topological polar surface area (TPSA) is 29.1 Å². The number of ketones is 1. The Labute approximate surface area is 92.8 Å². The highest BCUT2D eigenvalue weighted by atomic mass is 79.9. The Bertz CT molecular complexity index is 312. The predicted molar refractivity (Wildman–Crippen MR) is 61.4 cm³/mol. The molecule has 0 saturated carbocycles. The standard InChI is InChI=1S/C11H14BrNO/c1-13-8-11(14)6-5-9-3-2-4-10(12)7-9/h2-4,7,13H,5-6,8H2,1H3. The molecule has 0 spiro atoms. The van der Waals surface area contributed by atoms with Gasteiger partial charge in [0.05, 0.1) is 6.54 Å². The molecule has 0 fully saturated rings. The summed E-state index contributed by atoms with van der Waals surface area (Å²) in [4.78, 5) is 11.2. The zero-order valence-electron chi connectivity index (χ0n) is 8.22. The molecule has 0 saturated heterocycles. The van der Waals surface area contributed by atoms with Crippen LogP contribution in [0.1, 0.15) is 12.0 Å². The number of aryl methyl sites for hydroxylation is 1. The van der Waals surface area contributed by atoms with Gasteiger partial charge in [-0.05, 0) is 31.2 Å². The first-order chi connectivity index (χ1) is 6.72. The van der Waals surface area contributed by atoms with Crippen LogP contribution in [0.25, 0.3) is 0 Å². The molecule has 0 amide bonds. The van der Waals surface area contributed by atoms with Crippen molar-refractivity contribution in [2.24, 2.45) is 0 Å². The molecule has 0 atom stereocenters. The molecule has 0 aliphatic carbocycles. The van der Waals surface area contributed by atoms with E-state index in [4.69, 9.17) is 0 Å². The van der Waals surface area contributed by atoms with E-state index in [0.29, 0.717) is 13.0 Å². The molecular weight excluding hydrogens is 242 g/mol. The van der Waals surface area contributed by atoms with Gasteiger partial charge in [0.25, 0.3) is 0 Å². The maximum Gasteiger partial charge on any atom is 0.146 e. The van der Waals surface area contributed by atoms with Crippen molar-refractivity contribution in [1.82, 2.24) is 5.32 Å². The first-order valence-corrected chi connectivity index (χ1v) is 5.42. The summed E-state index contributed by atoms with van der Waals surface area (Å²) < 4.78 is 1.07. The number of rotatable bonds is 5. The number of Topliss-reactive ketones (excluding diaryl/α,β-unsaturated/α-hetero) is 1. The molecule has 14 heavy (non-hydrogen) atoms. The lowest BCUT2D eigenvalue weighted by Crippen LogP contribution is -2.18. The van der Waals surface area contributed by atoms with Crippen LogP contribution < -0.4 is 5.32 Å². The lowest BCUT2D eigenvalue weighted by Gasteiger charge is -2.01. The minimum absolute atomic E-state index is 0.257. The monoisotopic (exact) mass is 255 g/mol. The molecule has 0 unspecified atom stereocenters. The molecule has 1 N–H and O–H groups in total. The van der Waals surface area contributed by atoms with E-state index in [1.54, 1.807) is 7.05 Å². The number of halogens is 1. The number of carbonyl (C=O) groups excluding carboxylic acids is 1. The van der Waals surface area contributed by atoms with Gasteiger partial charge in [0.2, 0.25) is 0 Å². The fourth-order valence-electron chi connectivity index (χ4n) is 1.26. The van der Waals surface area contributed by atoms with E-state index < -0.39 is 0 Å². The minimum atomic E-state index is 0.257. The Hall–Kier alpha value is -0.670. The average Bonchev–Trinajstić information content (AvgIpc) is 2.15. The summed E-state index contributed by atoms with van der Waals surface area (Å²) in [5, 5.41) is 2.86. The summed E-state index contributed by atoms with van der Waals surface area (Å²) in [5.41, 5.74) is 1.20. The van der Waals surface area contributed by atoms with Gasteiger partial charge >= 0.3 is 0 Å². The van der Waals surface area contributed by atoms with Gasteiger partial charge in [-0.3, -0.25) is 4.79 Å². The number of carbonyl (C=O) groups is 1. The molecule has 0 bridgehead atoms. The molecule has 0 heterocycles. The van der Waals surface area contributed by atoms with Gasteiger partial charge in [-0.25, -0.2) is 0 Å². The van der Waals surface area contributed by atoms with Gasteiger partial charge < -0.3 is 5.32 Å². The summed E-state index contributed by atoms with van der Waals surface area (Å²) in [7, 11) is 1.79. The average molecular weight is 256 g/mol. The fourth-order valence-corrected chi connectivity index (χ4v) is 1.71. The third-order valence-corrected chi connectivity index (χ3v) is 2.45. The first kappa shape index (κ1) is 11.4. The van der Waals surface area contributed by atoms with Crippen molar-refractivity contribution in [1.29, 1.82) is 0 Å². The normalized spacial score (nSPS) is 10.1. The SMILES string of the molecule is CNCC(=O)CCc1cccc(Br)c1. The third-order valence-electron chi connectivity index (χ3n) is 1.96. The third kappa shape index (κ3) is 4.03. The molecule has 1 aromatic rings. The highest BCUT2D eigenvalue weighted by Gasteiger charge is 2.01. The zero-order valence-corrected chi connectivity index (χ0v) is 9.80. The molecule has 0 aromatic heterocycles. The molecule has 0 radical (unpaired) electrons. The van der Waals surface area contributed by atoms with Crippen LogP contribution in [-0.2, 0) is 11.2 Å². The number of hydrogen-bond acceptors (Lipinski definition) is 2. The van der Waals surface area contributed by atoms with Crippen molar-refractivity contribution in [2.75, 3.05) is 13.6 Å². The molecule has 1 aromatic carbocycles. The largest absolute Gasteiger partial charge is 0.313 e. The van der Waals surface area contributed by atoms with Gasteiger partial charge in [-0.1, -0.05) is 28.1 Å². The molecular formula is C11H14BrNO. The molecule has 2 nitrogen and oxygen atoms in total. The summed E-state index contributed by atoms with van der Waals surface area (Å²) in [6.07, 6.45) is 1.43. The summed E-state index contributed by atoms with van der Waals surface area (Å²) in [6.45, 7) is 0.466. The van der Waals surface area contributed by atoms with E-state index in [1.165, 1.54) is 5.56 Å². The van der Waals surface area contributed by atoms with Crippen LogP contribution in [0.15, 0.2) is 28.7 Å². The van der Waals surface area contributed by atoms with Gasteiger partial charge in [-0.15, -0.1) is 0 Å². The molecule has 3 heteroatoms. The van der Waals surface area contributed by atoms with Crippen LogP contribution in [0.4, 0.5) is 0 Å². The second-order valence-corrected chi connectivity index (χ2v) is 4.11. The van der Waals surface area contributed by atoms with Gasteiger partial charge in [0, 0.05) is 10.9 Å². The Kier molecular flexibility index (Phi) is 4.84. The van der Waals surface area contributed by atoms with E-state index in [0.717, 1.165) is 10.9 Å². The highest BCUT2D eigenvalue weighted by Crippen LogP contribution is 2.12. The van der Waals surface area contributed by atoms with E-state index in [-0.39, 0.29) is 5.78 Å². The second-order valence-electron chi connectivity index (χ2n) is 3.20. The van der Waals surface area contributed by atoms with Crippen LogP contribution >= 0.6 is 15.9 Å². The van der Waals surface area contributed by atoms with Crippen LogP contribution in [-0.4, -0.2) is 19.4 Å². The van der Waals surface area contributed by atoms with E-state index in [9.17, 15) is 4.79 Å². The number of hydrogen-bond donors (Lipinski definition) is 1. The quantitative estimate of drug-likeness (QED) is 0.874. The van der Waals surface area contributed by atoms with Crippen molar-refractivity contribution in [2.45, 2.75) is 12.8 Å². The summed E-state index contributed by atoms with van der Waals surface area (Å²) in [5.74, 6) is 0.257. The number of nitrogens with one attached hydrogen (secondary N) is 1. The maximum atomic E-state index is 11.2. The Balaban J connectivity index is 2.41. The van der Waals surface area contributed by atoms with Crippen molar-refractivity contribution >= 4 is 21.7 Å². The van der Waals surface area contributed by atoms with Gasteiger partial charge in [0.15, 0.2) is 0 Å². The lowest BCUT2D eigenvalue weighted by atomic mass is 10.1. The van der Waals surface area contributed by atoms with Crippen LogP contribution in [0.2, 0.25) is 0 Å². The fraction of sp³-hybridized carbons (Fsp3) is 0.364. The molecule has 0 aliphatic heterocycles. The Morgan fingerprint density at radius 1 is 1.50 bits per heavy atom. The lowest BCUT2D eigenvalue weighted by molar-refractivity contribution is -0.118. The number of benzene rings is 1. The van der Waals surface area contributed by atoms with Gasteiger partial charge in [0.1, 0.15) is 5.78 Å². The predicted octanol–water partition coefficient (Wildman–Crippen LogP) is 2.17. The van der Waals surface area contributed by atoms with E-state index in [1.807, 2.05) is 24.3 Å². The van der Waals surface area contributed by atoms with Gasteiger partial charge in [-0.2, -0.15) is 0 Å². The van der Waals surface area contributed by atoms with E-state index in [2.05, 4.69) is 21.2 Å². The highest BCUT2D eigenvalue weighted by molar-refractivity contribution is 9.10. The molecule has 1 rings (SSSR count). The van der Waals surface area contributed by atoms with E-state index >= 15 is 0 Å². The first-order valence-electron chi connectivity index (χ1n) is 4.63. The summed E-state index contributed by atoms with van der Waals surface area (Å²) in [6, 6.07) is 8.06.